The molecule has 22 heavy (non-hydrogen) atoms. The number of amides is 1. The van der Waals surface area contributed by atoms with Crippen LogP contribution in [0, 0.1) is 0 Å². The van der Waals surface area contributed by atoms with E-state index in [1.54, 1.807) is 0 Å². The predicted octanol–water partition coefficient (Wildman–Crippen LogP) is 1.63. The largest absolute Gasteiger partial charge is 0.370 e. The van der Waals surface area contributed by atoms with Crippen LogP contribution >= 0.6 is 0 Å². The van der Waals surface area contributed by atoms with Crippen LogP contribution in [0.15, 0.2) is 12.1 Å². The highest BCUT2D eigenvalue weighted by molar-refractivity contribution is 5.76. The van der Waals surface area contributed by atoms with Gasteiger partial charge in [0.2, 0.25) is 5.91 Å². The summed E-state index contributed by atoms with van der Waals surface area (Å²) in [4.78, 5) is 16.6. The van der Waals surface area contributed by atoms with Gasteiger partial charge in [0, 0.05) is 24.7 Å². The molecular weight excluding hydrogens is 276 g/mol. The van der Waals surface area contributed by atoms with E-state index in [0.29, 0.717) is 12.5 Å². The average molecular weight is 302 g/mol. The van der Waals surface area contributed by atoms with Crippen LogP contribution in [0.1, 0.15) is 43.4 Å². The Labute approximate surface area is 132 Å². The number of fused-ring (bicyclic) bond motifs is 1. The molecule has 2 aliphatic heterocycles. The third kappa shape index (κ3) is 4.19. The Morgan fingerprint density at radius 1 is 1.27 bits per heavy atom. The van der Waals surface area contributed by atoms with Crippen LogP contribution in [-0.2, 0) is 17.6 Å². The number of carbonyl (C=O) groups is 1. The lowest BCUT2D eigenvalue weighted by Crippen LogP contribution is -2.42. The number of aromatic nitrogens is 1. The maximum absolute atomic E-state index is 12.0. The van der Waals surface area contributed by atoms with Crippen molar-refractivity contribution in [1.82, 2.24) is 15.6 Å². The van der Waals surface area contributed by atoms with E-state index in [4.69, 9.17) is 0 Å². The van der Waals surface area contributed by atoms with Gasteiger partial charge in [0.05, 0.1) is 0 Å². The van der Waals surface area contributed by atoms with Crippen LogP contribution < -0.4 is 16.0 Å². The molecule has 3 rings (SSSR count). The molecule has 5 nitrogen and oxygen atoms in total. The summed E-state index contributed by atoms with van der Waals surface area (Å²) in [6.45, 7) is 3.04. The maximum atomic E-state index is 12.0. The lowest BCUT2D eigenvalue weighted by molar-refractivity contribution is -0.122. The highest BCUT2D eigenvalue weighted by Crippen LogP contribution is 2.20. The highest BCUT2D eigenvalue weighted by atomic mass is 16.1. The fraction of sp³-hybridized carbons (Fsp3) is 0.647. The Morgan fingerprint density at radius 2 is 2.14 bits per heavy atom. The molecule has 0 aromatic carbocycles. The van der Waals surface area contributed by atoms with E-state index in [-0.39, 0.29) is 5.91 Å². The molecule has 0 spiro atoms. The Balaban J connectivity index is 1.41. The fourth-order valence-corrected chi connectivity index (χ4v) is 3.20. The number of rotatable bonds is 5. The van der Waals surface area contributed by atoms with Gasteiger partial charge in [0.1, 0.15) is 5.82 Å². The zero-order valence-corrected chi connectivity index (χ0v) is 13.2. The minimum atomic E-state index is 0.183. The molecule has 1 saturated heterocycles. The van der Waals surface area contributed by atoms with E-state index in [0.717, 1.165) is 63.3 Å². The van der Waals surface area contributed by atoms with E-state index in [2.05, 4.69) is 33.1 Å². The topological polar surface area (TPSA) is 66.0 Å². The SMILES string of the molecule is O=C(CCCc1ccc2c(n1)NCCC2)NC1CCNCC1. The Morgan fingerprint density at radius 3 is 3.00 bits per heavy atom. The van der Waals surface area contributed by atoms with Crippen molar-refractivity contribution in [2.75, 3.05) is 25.0 Å². The number of hydrogen-bond acceptors (Lipinski definition) is 4. The summed E-state index contributed by atoms with van der Waals surface area (Å²) in [5.41, 5.74) is 2.40. The van der Waals surface area contributed by atoms with Crippen molar-refractivity contribution in [2.45, 2.75) is 51.0 Å². The molecule has 2 aliphatic rings. The molecule has 0 aliphatic carbocycles. The number of aryl methyl sites for hydroxylation is 2. The number of pyridine rings is 1. The summed E-state index contributed by atoms with van der Waals surface area (Å²) in [6, 6.07) is 4.65. The second-order valence-corrected chi connectivity index (χ2v) is 6.29. The number of anilines is 1. The fourth-order valence-electron chi connectivity index (χ4n) is 3.20. The standard InChI is InChI=1S/C17H26N4O/c22-16(20-15-8-11-18-12-9-15)5-1-4-14-7-6-13-3-2-10-19-17(13)21-14/h6-7,15,18H,1-5,8-12H2,(H,19,21)(H,20,22). The zero-order chi connectivity index (χ0) is 15.2. The summed E-state index contributed by atoms with van der Waals surface area (Å²) in [7, 11) is 0. The van der Waals surface area contributed by atoms with Crippen molar-refractivity contribution in [3.63, 3.8) is 0 Å². The smallest absolute Gasteiger partial charge is 0.220 e. The van der Waals surface area contributed by atoms with Crippen LogP contribution in [0.4, 0.5) is 5.82 Å². The normalized spacial score (nSPS) is 18.4. The molecule has 120 valence electrons. The van der Waals surface area contributed by atoms with Crippen molar-refractivity contribution in [1.29, 1.82) is 0 Å². The van der Waals surface area contributed by atoms with Crippen LogP contribution in [0.2, 0.25) is 0 Å². The highest BCUT2D eigenvalue weighted by Gasteiger charge is 2.15. The Hall–Kier alpha value is -1.62. The van der Waals surface area contributed by atoms with Crippen LogP contribution in [0.5, 0.6) is 0 Å². The van der Waals surface area contributed by atoms with Gasteiger partial charge in [-0.1, -0.05) is 6.07 Å². The lowest BCUT2D eigenvalue weighted by Gasteiger charge is -2.23. The van der Waals surface area contributed by atoms with E-state index >= 15 is 0 Å². The van der Waals surface area contributed by atoms with Crippen molar-refractivity contribution < 1.29 is 4.79 Å². The minimum Gasteiger partial charge on any atom is -0.370 e. The van der Waals surface area contributed by atoms with Gasteiger partial charge in [-0.05, 0) is 63.2 Å². The molecule has 0 radical (unpaired) electrons. The van der Waals surface area contributed by atoms with Gasteiger partial charge in [-0.2, -0.15) is 0 Å². The molecule has 1 aromatic rings. The average Bonchev–Trinajstić information content (AvgIpc) is 2.55. The summed E-state index contributed by atoms with van der Waals surface area (Å²) in [6.07, 6.45) is 6.72. The van der Waals surface area contributed by atoms with Gasteiger partial charge in [-0.3, -0.25) is 4.79 Å². The predicted molar refractivity (Wildman–Crippen MR) is 88.0 cm³/mol. The molecule has 3 N–H and O–H groups in total. The molecule has 1 fully saturated rings. The number of nitrogens with zero attached hydrogens (tertiary/aromatic N) is 1. The number of carbonyl (C=O) groups excluding carboxylic acids is 1. The minimum absolute atomic E-state index is 0.183. The molecule has 3 heterocycles. The van der Waals surface area contributed by atoms with E-state index in [9.17, 15) is 4.79 Å². The van der Waals surface area contributed by atoms with E-state index in [1.807, 2.05) is 0 Å². The maximum Gasteiger partial charge on any atom is 0.220 e. The Bertz CT molecular complexity index is 511. The number of piperidine rings is 1. The number of hydrogen-bond donors (Lipinski definition) is 3. The molecular formula is C17H26N4O. The summed E-state index contributed by atoms with van der Waals surface area (Å²) < 4.78 is 0. The first-order chi connectivity index (χ1) is 10.8. The molecule has 5 heteroatoms. The molecule has 1 amide bonds. The molecule has 0 atom stereocenters. The van der Waals surface area contributed by atoms with Crippen molar-refractivity contribution in [2.24, 2.45) is 0 Å². The second kappa shape index (κ2) is 7.58. The quantitative estimate of drug-likeness (QED) is 0.773. The van der Waals surface area contributed by atoms with E-state index in [1.165, 1.54) is 12.0 Å². The third-order valence-electron chi connectivity index (χ3n) is 4.49. The van der Waals surface area contributed by atoms with Crippen LogP contribution in [-0.4, -0.2) is 36.6 Å². The molecule has 0 saturated carbocycles. The number of nitrogens with one attached hydrogen (secondary N) is 3. The molecule has 0 unspecified atom stereocenters. The first-order valence-corrected chi connectivity index (χ1v) is 8.54. The summed E-state index contributed by atoms with van der Waals surface area (Å²) in [5.74, 6) is 1.23. The summed E-state index contributed by atoms with van der Waals surface area (Å²) in [5, 5.41) is 9.82. The van der Waals surface area contributed by atoms with Gasteiger partial charge < -0.3 is 16.0 Å². The van der Waals surface area contributed by atoms with Crippen molar-refractivity contribution in [3.8, 4) is 0 Å². The van der Waals surface area contributed by atoms with Gasteiger partial charge in [-0.15, -0.1) is 0 Å². The first-order valence-electron chi connectivity index (χ1n) is 8.54. The first kappa shape index (κ1) is 15.3. The Kier molecular flexibility index (Phi) is 5.27. The second-order valence-electron chi connectivity index (χ2n) is 6.29. The van der Waals surface area contributed by atoms with Crippen LogP contribution in [0.25, 0.3) is 0 Å². The monoisotopic (exact) mass is 302 g/mol. The lowest BCUT2D eigenvalue weighted by atomic mass is 10.0. The van der Waals surface area contributed by atoms with E-state index < -0.39 is 0 Å². The molecule has 0 bridgehead atoms. The van der Waals surface area contributed by atoms with Crippen molar-refractivity contribution in [3.05, 3.63) is 23.4 Å². The molecule has 1 aromatic heterocycles. The third-order valence-corrected chi connectivity index (χ3v) is 4.49. The van der Waals surface area contributed by atoms with Gasteiger partial charge in [0.15, 0.2) is 0 Å². The zero-order valence-electron chi connectivity index (χ0n) is 13.2. The van der Waals surface area contributed by atoms with Crippen molar-refractivity contribution >= 4 is 11.7 Å². The summed E-state index contributed by atoms with van der Waals surface area (Å²) >= 11 is 0. The van der Waals surface area contributed by atoms with Gasteiger partial charge in [-0.25, -0.2) is 4.98 Å². The van der Waals surface area contributed by atoms with Gasteiger partial charge >= 0.3 is 0 Å². The van der Waals surface area contributed by atoms with Crippen LogP contribution in [0.3, 0.4) is 0 Å². The van der Waals surface area contributed by atoms with Gasteiger partial charge in [0.25, 0.3) is 0 Å².